The third kappa shape index (κ3) is 6.07. The van der Waals surface area contributed by atoms with Gasteiger partial charge in [0.15, 0.2) is 0 Å². The second-order valence-electron chi connectivity index (χ2n) is 8.03. The molecular formula is C23H28F3NO6. The minimum Gasteiger partial charge on any atom is -0.478 e. The smallest absolute Gasteiger partial charge is 0.478 e. The average Bonchev–Trinajstić information content (AvgIpc) is 2.71. The number of hydrogen-bond acceptors (Lipinski definition) is 6. The maximum Gasteiger partial charge on any atom is 0.573 e. The molecule has 0 aromatic heterocycles. The maximum absolute atomic E-state index is 13.2. The molecule has 2 unspecified atom stereocenters. The van der Waals surface area contributed by atoms with Crippen LogP contribution in [0.3, 0.4) is 0 Å². The molecule has 0 saturated heterocycles. The summed E-state index contributed by atoms with van der Waals surface area (Å²) in [5.74, 6) is -3.42. The number of alkyl halides is 3. The minimum absolute atomic E-state index is 0.0380. The van der Waals surface area contributed by atoms with Gasteiger partial charge < -0.3 is 24.2 Å². The van der Waals surface area contributed by atoms with Crippen LogP contribution in [0.4, 0.5) is 13.2 Å². The molecule has 182 valence electrons. The van der Waals surface area contributed by atoms with Gasteiger partial charge in [-0.25, -0.2) is 9.59 Å². The van der Waals surface area contributed by atoms with E-state index in [4.69, 9.17) is 9.47 Å². The van der Waals surface area contributed by atoms with E-state index in [0.717, 1.165) is 12.1 Å². The van der Waals surface area contributed by atoms with Crippen LogP contribution in [-0.2, 0) is 19.1 Å². The summed E-state index contributed by atoms with van der Waals surface area (Å²) in [5.41, 5.74) is 1.19. The number of hydrogen-bond donors (Lipinski definition) is 1. The lowest BCUT2D eigenvalue weighted by molar-refractivity contribution is -0.274. The highest BCUT2D eigenvalue weighted by Crippen LogP contribution is 2.42. The van der Waals surface area contributed by atoms with Gasteiger partial charge in [0.05, 0.1) is 23.2 Å². The summed E-state index contributed by atoms with van der Waals surface area (Å²) in [6.07, 6.45) is -5.22. The number of rotatable bonds is 8. The van der Waals surface area contributed by atoms with Crippen molar-refractivity contribution in [1.82, 2.24) is 4.90 Å². The number of methoxy groups -OCH3 is 1. The lowest BCUT2D eigenvalue weighted by Crippen LogP contribution is -2.34. The van der Waals surface area contributed by atoms with Crippen molar-refractivity contribution in [2.24, 2.45) is 5.92 Å². The first-order chi connectivity index (χ1) is 15.3. The lowest BCUT2D eigenvalue weighted by atomic mass is 9.80. The highest BCUT2D eigenvalue weighted by Gasteiger charge is 2.39. The van der Waals surface area contributed by atoms with Crippen LogP contribution in [0.25, 0.3) is 0 Å². The SMILES string of the molecule is COC(COC(=O)C1=C(C)N(C)C(C)=C(C(=O)O)C1c1ccc(OC(F)(F)F)cc1)C(C)C. The Balaban J connectivity index is 2.51. The number of benzene rings is 1. The standard InChI is InChI=1S/C23H28F3NO6/c1-12(2)17(31-6)11-32-22(30)19-14(4)27(5)13(3)18(21(28)29)20(19)15-7-9-16(10-8-15)33-23(24,25)26/h7-10,12,17,20H,11H2,1-6H3,(H,28,29). The Morgan fingerprint density at radius 3 is 2.09 bits per heavy atom. The van der Waals surface area contributed by atoms with Crippen LogP contribution in [0.5, 0.6) is 5.75 Å². The molecule has 1 aromatic carbocycles. The Morgan fingerprint density at radius 1 is 1.09 bits per heavy atom. The summed E-state index contributed by atoms with van der Waals surface area (Å²) in [6, 6.07) is 4.77. The first-order valence-corrected chi connectivity index (χ1v) is 10.2. The van der Waals surface area contributed by atoms with E-state index in [2.05, 4.69) is 4.74 Å². The summed E-state index contributed by atoms with van der Waals surface area (Å²) in [4.78, 5) is 26.9. The Labute approximate surface area is 190 Å². The molecule has 7 nitrogen and oxygen atoms in total. The molecule has 1 heterocycles. The van der Waals surface area contributed by atoms with Crippen molar-refractivity contribution >= 4 is 11.9 Å². The van der Waals surface area contributed by atoms with Gasteiger partial charge >= 0.3 is 18.3 Å². The number of nitrogens with zero attached hydrogens (tertiary/aromatic N) is 1. The molecule has 0 spiro atoms. The maximum atomic E-state index is 13.2. The van der Waals surface area contributed by atoms with E-state index in [1.54, 1.807) is 25.8 Å². The number of carbonyl (C=O) groups excluding carboxylic acids is 1. The zero-order chi connectivity index (χ0) is 25.1. The molecular weight excluding hydrogens is 443 g/mol. The second-order valence-corrected chi connectivity index (χ2v) is 8.03. The highest BCUT2D eigenvalue weighted by atomic mass is 19.4. The van der Waals surface area contributed by atoms with Crippen LogP contribution in [0.15, 0.2) is 46.8 Å². The number of ether oxygens (including phenoxy) is 3. The number of carbonyl (C=O) groups is 2. The summed E-state index contributed by atoms with van der Waals surface area (Å²) in [5, 5.41) is 9.93. The molecule has 1 aliphatic heterocycles. The van der Waals surface area contributed by atoms with Crippen LogP contribution in [0.1, 0.15) is 39.2 Å². The van der Waals surface area contributed by atoms with Crippen molar-refractivity contribution in [3.63, 3.8) is 0 Å². The van der Waals surface area contributed by atoms with Crippen LogP contribution in [-0.4, -0.2) is 55.2 Å². The fourth-order valence-corrected chi connectivity index (χ4v) is 3.68. The molecule has 33 heavy (non-hydrogen) atoms. The first-order valence-electron chi connectivity index (χ1n) is 10.2. The zero-order valence-electron chi connectivity index (χ0n) is 19.3. The zero-order valence-corrected chi connectivity index (χ0v) is 19.3. The molecule has 2 atom stereocenters. The van der Waals surface area contributed by atoms with Gasteiger partial charge in [-0.1, -0.05) is 26.0 Å². The summed E-state index contributed by atoms with van der Waals surface area (Å²) in [7, 11) is 3.13. The first kappa shape index (κ1) is 26.2. The van der Waals surface area contributed by atoms with Gasteiger partial charge in [0.25, 0.3) is 0 Å². The lowest BCUT2D eigenvalue weighted by Gasteiger charge is -2.35. The van der Waals surface area contributed by atoms with E-state index >= 15 is 0 Å². The Kier molecular flexibility index (Phi) is 8.18. The average molecular weight is 471 g/mol. The molecule has 0 bridgehead atoms. The quantitative estimate of drug-likeness (QED) is 0.561. The molecule has 1 aromatic rings. The van der Waals surface area contributed by atoms with Crippen molar-refractivity contribution in [2.45, 2.75) is 46.1 Å². The van der Waals surface area contributed by atoms with E-state index < -0.39 is 30.0 Å². The molecule has 1 aliphatic rings. The molecule has 0 fully saturated rings. The van der Waals surface area contributed by atoms with Gasteiger partial charge in [0.1, 0.15) is 12.4 Å². The monoisotopic (exact) mass is 471 g/mol. The molecule has 2 rings (SSSR count). The molecule has 10 heteroatoms. The van der Waals surface area contributed by atoms with Crippen molar-refractivity contribution in [3.05, 3.63) is 52.4 Å². The van der Waals surface area contributed by atoms with Crippen molar-refractivity contribution in [3.8, 4) is 5.75 Å². The highest BCUT2D eigenvalue weighted by molar-refractivity contribution is 5.99. The number of allylic oxidation sites excluding steroid dienone is 2. The number of carboxylic acid groups (broad SMARTS) is 1. The Bertz CT molecular complexity index is 950. The predicted molar refractivity (Wildman–Crippen MR) is 113 cm³/mol. The van der Waals surface area contributed by atoms with Crippen LogP contribution < -0.4 is 4.74 Å². The largest absolute Gasteiger partial charge is 0.573 e. The number of esters is 1. The summed E-state index contributed by atoms with van der Waals surface area (Å²) < 4.78 is 52.3. The number of halogens is 3. The second kappa shape index (κ2) is 10.3. The fourth-order valence-electron chi connectivity index (χ4n) is 3.68. The minimum atomic E-state index is -4.86. The Morgan fingerprint density at radius 2 is 1.64 bits per heavy atom. The van der Waals surface area contributed by atoms with E-state index in [-0.39, 0.29) is 29.8 Å². The van der Waals surface area contributed by atoms with E-state index in [0.29, 0.717) is 17.0 Å². The normalized spacial score (nSPS) is 18.0. The van der Waals surface area contributed by atoms with Crippen molar-refractivity contribution in [2.75, 3.05) is 20.8 Å². The van der Waals surface area contributed by atoms with Gasteiger partial charge in [0, 0.05) is 25.6 Å². The third-order valence-corrected chi connectivity index (χ3v) is 5.69. The third-order valence-electron chi connectivity index (χ3n) is 5.69. The van der Waals surface area contributed by atoms with Gasteiger partial charge in [0.2, 0.25) is 0 Å². The van der Waals surface area contributed by atoms with Crippen molar-refractivity contribution in [1.29, 1.82) is 0 Å². The number of aliphatic carboxylic acids is 1. The summed E-state index contributed by atoms with van der Waals surface area (Å²) >= 11 is 0. The van der Waals surface area contributed by atoms with Crippen LogP contribution in [0.2, 0.25) is 0 Å². The van der Waals surface area contributed by atoms with Gasteiger partial charge in [-0.05, 0) is 37.5 Å². The van der Waals surface area contributed by atoms with Gasteiger partial charge in [-0.2, -0.15) is 0 Å². The van der Waals surface area contributed by atoms with Crippen molar-refractivity contribution < 1.29 is 42.1 Å². The Hall–Kier alpha value is -3.01. The topological polar surface area (TPSA) is 85.3 Å². The fraction of sp³-hybridized carbons (Fsp3) is 0.478. The van der Waals surface area contributed by atoms with E-state index in [1.807, 2.05) is 13.8 Å². The van der Waals surface area contributed by atoms with Gasteiger partial charge in [-0.15, -0.1) is 13.2 Å². The van der Waals surface area contributed by atoms with Crippen LogP contribution >= 0.6 is 0 Å². The molecule has 1 N–H and O–H groups in total. The molecule has 0 aliphatic carbocycles. The summed E-state index contributed by atoms with van der Waals surface area (Å²) in [6.45, 7) is 7.03. The molecule has 0 radical (unpaired) electrons. The number of carboxylic acids is 1. The van der Waals surface area contributed by atoms with Crippen LogP contribution in [0, 0.1) is 5.92 Å². The predicted octanol–water partition coefficient (Wildman–Crippen LogP) is 4.46. The van der Waals surface area contributed by atoms with Gasteiger partial charge in [-0.3, -0.25) is 0 Å². The van der Waals surface area contributed by atoms with E-state index in [1.165, 1.54) is 19.2 Å². The molecule has 0 saturated carbocycles. The molecule has 0 amide bonds. The van der Waals surface area contributed by atoms with E-state index in [9.17, 15) is 27.9 Å².